The number of benzene rings is 1. The van der Waals surface area contributed by atoms with E-state index in [1.54, 1.807) is 10.7 Å². The molecule has 0 spiro atoms. The van der Waals surface area contributed by atoms with Crippen LogP contribution >= 0.6 is 0 Å². The molecule has 3 heterocycles. The molecule has 1 amide bonds. The Hall–Kier alpha value is -2.34. The lowest BCUT2D eigenvalue weighted by Crippen LogP contribution is -2.44. The topological polar surface area (TPSA) is 59.4 Å². The van der Waals surface area contributed by atoms with Gasteiger partial charge in [-0.2, -0.15) is 5.10 Å². The maximum atomic E-state index is 12.4. The molecule has 6 nitrogen and oxygen atoms in total. The largest absolute Gasteiger partial charge is 0.478 e. The number of nitrogens with zero attached hydrogens (tertiary/aromatic N) is 3. The number of carbonyl (C=O) groups excluding carboxylic acids is 1. The molecule has 2 aromatic rings. The van der Waals surface area contributed by atoms with E-state index in [0.717, 1.165) is 45.4 Å². The van der Waals surface area contributed by atoms with Gasteiger partial charge >= 0.3 is 0 Å². The SMILES string of the molecule is O=C(NC1CCN(Cc2ccccc2)CC1)c1cc2n(n1)CCCO2. The lowest BCUT2D eigenvalue weighted by Gasteiger charge is -2.32. The van der Waals surface area contributed by atoms with E-state index in [9.17, 15) is 4.79 Å². The van der Waals surface area contributed by atoms with Gasteiger partial charge in [-0.3, -0.25) is 9.69 Å². The van der Waals surface area contributed by atoms with Gasteiger partial charge in [-0.15, -0.1) is 0 Å². The monoisotopic (exact) mass is 340 g/mol. The van der Waals surface area contributed by atoms with Crippen molar-refractivity contribution in [3.8, 4) is 5.88 Å². The van der Waals surface area contributed by atoms with Gasteiger partial charge in [0.2, 0.25) is 5.88 Å². The summed E-state index contributed by atoms with van der Waals surface area (Å²) in [6.45, 7) is 4.50. The normalized spacial score (nSPS) is 18.4. The van der Waals surface area contributed by atoms with Gasteiger partial charge in [0.05, 0.1) is 6.61 Å². The van der Waals surface area contributed by atoms with Crippen molar-refractivity contribution in [2.24, 2.45) is 0 Å². The maximum absolute atomic E-state index is 12.4. The van der Waals surface area contributed by atoms with Crippen LogP contribution in [0.2, 0.25) is 0 Å². The number of piperidine rings is 1. The Morgan fingerprint density at radius 2 is 2.00 bits per heavy atom. The minimum Gasteiger partial charge on any atom is -0.478 e. The molecule has 1 aromatic heterocycles. The molecule has 0 radical (unpaired) electrons. The maximum Gasteiger partial charge on any atom is 0.272 e. The Labute approximate surface area is 147 Å². The molecule has 0 bridgehead atoms. The van der Waals surface area contributed by atoms with Crippen LogP contribution < -0.4 is 10.1 Å². The molecule has 0 saturated carbocycles. The van der Waals surface area contributed by atoms with Crippen molar-refractivity contribution in [2.45, 2.75) is 38.4 Å². The van der Waals surface area contributed by atoms with Crippen LogP contribution in [0.15, 0.2) is 36.4 Å². The predicted molar refractivity (Wildman–Crippen MR) is 94.5 cm³/mol. The van der Waals surface area contributed by atoms with E-state index in [-0.39, 0.29) is 11.9 Å². The van der Waals surface area contributed by atoms with Gasteiger partial charge in [-0.05, 0) is 18.4 Å². The van der Waals surface area contributed by atoms with E-state index in [1.807, 2.05) is 6.07 Å². The zero-order valence-electron chi connectivity index (χ0n) is 14.4. The minimum absolute atomic E-state index is 0.0907. The summed E-state index contributed by atoms with van der Waals surface area (Å²) in [5, 5.41) is 7.49. The quantitative estimate of drug-likeness (QED) is 0.926. The summed E-state index contributed by atoms with van der Waals surface area (Å²) in [5.74, 6) is 0.612. The third-order valence-electron chi connectivity index (χ3n) is 4.91. The van der Waals surface area contributed by atoms with Crippen LogP contribution in [0.3, 0.4) is 0 Å². The summed E-state index contributed by atoms with van der Waals surface area (Å²) in [7, 11) is 0. The van der Waals surface area contributed by atoms with Crippen molar-refractivity contribution in [2.75, 3.05) is 19.7 Å². The third kappa shape index (κ3) is 3.85. The lowest BCUT2D eigenvalue weighted by atomic mass is 10.0. The van der Waals surface area contributed by atoms with Crippen molar-refractivity contribution in [1.82, 2.24) is 20.0 Å². The van der Waals surface area contributed by atoms with Crippen LogP contribution in [-0.2, 0) is 13.1 Å². The van der Waals surface area contributed by atoms with Crippen LogP contribution in [0.25, 0.3) is 0 Å². The number of nitrogens with one attached hydrogen (secondary N) is 1. The van der Waals surface area contributed by atoms with Gasteiger partial charge in [0.15, 0.2) is 5.69 Å². The van der Waals surface area contributed by atoms with Gasteiger partial charge in [-0.1, -0.05) is 30.3 Å². The second-order valence-electron chi connectivity index (χ2n) is 6.80. The van der Waals surface area contributed by atoms with E-state index in [2.05, 4.69) is 39.6 Å². The van der Waals surface area contributed by atoms with Gasteiger partial charge in [0.1, 0.15) is 0 Å². The molecule has 2 aliphatic heterocycles. The van der Waals surface area contributed by atoms with E-state index < -0.39 is 0 Å². The fourth-order valence-corrected chi connectivity index (χ4v) is 3.51. The van der Waals surface area contributed by atoms with E-state index in [4.69, 9.17) is 4.74 Å². The van der Waals surface area contributed by atoms with Crippen LogP contribution in [0.5, 0.6) is 5.88 Å². The summed E-state index contributed by atoms with van der Waals surface area (Å²) in [5.41, 5.74) is 1.80. The number of ether oxygens (including phenoxy) is 1. The van der Waals surface area contributed by atoms with Crippen LogP contribution in [-0.4, -0.2) is 46.3 Å². The Bertz CT molecular complexity index is 697. The molecule has 0 aliphatic carbocycles. The average molecular weight is 340 g/mol. The number of aromatic nitrogens is 2. The molecule has 1 N–H and O–H groups in total. The van der Waals surface area contributed by atoms with Crippen molar-refractivity contribution in [3.63, 3.8) is 0 Å². The Morgan fingerprint density at radius 3 is 2.76 bits per heavy atom. The molecule has 4 rings (SSSR count). The first-order chi connectivity index (χ1) is 12.3. The summed E-state index contributed by atoms with van der Waals surface area (Å²) >= 11 is 0. The number of hydrogen-bond donors (Lipinski definition) is 1. The molecule has 1 aromatic carbocycles. The highest BCUT2D eigenvalue weighted by atomic mass is 16.5. The molecular weight excluding hydrogens is 316 g/mol. The van der Waals surface area contributed by atoms with Crippen molar-refractivity contribution in [3.05, 3.63) is 47.7 Å². The van der Waals surface area contributed by atoms with E-state index in [0.29, 0.717) is 18.2 Å². The first kappa shape index (κ1) is 16.1. The molecule has 1 fully saturated rings. The zero-order chi connectivity index (χ0) is 17.1. The fraction of sp³-hybridized carbons (Fsp3) is 0.474. The highest BCUT2D eigenvalue weighted by Crippen LogP contribution is 2.19. The Balaban J connectivity index is 1.28. The standard InChI is InChI=1S/C19H24N4O2/c24-19(17-13-18-23(21-17)9-4-12-25-18)20-16-7-10-22(11-8-16)14-15-5-2-1-3-6-15/h1-3,5-6,13,16H,4,7-12,14H2,(H,20,24). The number of rotatable bonds is 4. The van der Waals surface area contributed by atoms with Crippen molar-refractivity contribution in [1.29, 1.82) is 0 Å². The Morgan fingerprint density at radius 1 is 1.20 bits per heavy atom. The molecule has 6 heteroatoms. The van der Waals surface area contributed by atoms with Gasteiger partial charge in [0.25, 0.3) is 5.91 Å². The first-order valence-corrected chi connectivity index (χ1v) is 9.06. The highest BCUT2D eigenvalue weighted by Gasteiger charge is 2.23. The Kier molecular flexibility index (Phi) is 4.70. The van der Waals surface area contributed by atoms with Crippen molar-refractivity contribution < 1.29 is 9.53 Å². The summed E-state index contributed by atoms with van der Waals surface area (Å²) in [4.78, 5) is 14.9. The molecule has 132 valence electrons. The van der Waals surface area contributed by atoms with Gasteiger partial charge in [0, 0.05) is 44.7 Å². The highest BCUT2D eigenvalue weighted by molar-refractivity contribution is 5.92. The first-order valence-electron chi connectivity index (χ1n) is 9.06. The fourth-order valence-electron chi connectivity index (χ4n) is 3.51. The van der Waals surface area contributed by atoms with Crippen molar-refractivity contribution >= 4 is 5.91 Å². The molecular formula is C19H24N4O2. The number of fused-ring (bicyclic) bond motifs is 1. The number of amides is 1. The minimum atomic E-state index is -0.0907. The molecule has 2 aliphatic rings. The van der Waals surface area contributed by atoms with E-state index >= 15 is 0 Å². The lowest BCUT2D eigenvalue weighted by molar-refractivity contribution is 0.0903. The van der Waals surface area contributed by atoms with Gasteiger partial charge in [-0.25, -0.2) is 4.68 Å². The molecule has 0 atom stereocenters. The predicted octanol–water partition coefficient (Wildman–Crippen LogP) is 2.06. The van der Waals surface area contributed by atoms with Gasteiger partial charge < -0.3 is 10.1 Å². The average Bonchev–Trinajstić information content (AvgIpc) is 3.09. The van der Waals surface area contributed by atoms with Crippen LogP contribution in [0.4, 0.5) is 0 Å². The summed E-state index contributed by atoms with van der Waals surface area (Å²) in [6, 6.07) is 12.5. The second kappa shape index (κ2) is 7.27. The van der Waals surface area contributed by atoms with E-state index in [1.165, 1.54) is 5.56 Å². The zero-order valence-corrected chi connectivity index (χ0v) is 14.4. The summed E-state index contributed by atoms with van der Waals surface area (Å²) < 4.78 is 7.31. The van der Waals surface area contributed by atoms with Crippen LogP contribution in [0, 0.1) is 0 Å². The molecule has 0 unspecified atom stereocenters. The van der Waals surface area contributed by atoms with Crippen LogP contribution in [0.1, 0.15) is 35.3 Å². The summed E-state index contributed by atoms with van der Waals surface area (Å²) in [6.07, 6.45) is 2.89. The smallest absolute Gasteiger partial charge is 0.272 e. The third-order valence-corrected chi connectivity index (χ3v) is 4.91. The second-order valence-corrected chi connectivity index (χ2v) is 6.80. The molecule has 1 saturated heterocycles. The number of hydrogen-bond acceptors (Lipinski definition) is 4. The number of aryl methyl sites for hydroxylation is 1. The number of carbonyl (C=O) groups is 1. The number of likely N-dealkylation sites (tertiary alicyclic amines) is 1. The molecule has 25 heavy (non-hydrogen) atoms.